The Balaban J connectivity index is 3.02. The highest BCUT2D eigenvalue weighted by atomic mass is 35.5. The summed E-state index contributed by atoms with van der Waals surface area (Å²) in [6.45, 7) is 4.78. The molecule has 0 saturated carbocycles. The monoisotopic (exact) mass is 245 g/mol. The molecule has 0 aliphatic heterocycles. The molecule has 0 bridgehead atoms. The first kappa shape index (κ1) is 13.3. The van der Waals surface area contributed by atoms with Crippen LogP contribution in [0.2, 0.25) is 0 Å². The van der Waals surface area contributed by atoms with E-state index in [0.717, 1.165) is 17.1 Å². The highest BCUT2D eigenvalue weighted by Gasteiger charge is 2.19. The molecule has 0 N–H and O–H groups in total. The first-order valence-corrected chi connectivity index (χ1v) is 5.86. The molecular weight excluding hydrogens is 226 g/mol. The predicted molar refractivity (Wildman–Crippen MR) is 67.2 cm³/mol. The van der Waals surface area contributed by atoms with Gasteiger partial charge in [-0.05, 0) is 13.8 Å². The molecule has 0 aliphatic carbocycles. The third-order valence-corrected chi connectivity index (χ3v) is 3.12. The first-order chi connectivity index (χ1) is 7.52. The third kappa shape index (κ3) is 2.50. The van der Waals surface area contributed by atoms with Gasteiger partial charge in [0, 0.05) is 26.8 Å². The number of likely N-dealkylation sites (N-methyl/N-ethyl adjacent to an activating group) is 1. The zero-order valence-electron chi connectivity index (χ0n) is 10.6. The summed E-state index contributed by atoms with van der Waals surface area (Å²) < 4.78 is 7.04. The van der Waals surface area contributed by atoms with Gasteiger partial charge in [0.05, 0.1) is 24.2 Å². The molecule has 1 rings (SSSR count). The van der Waals surface area contributed by atoms with Gasteiger partial charge in [-0.1, -0.05) is 0 Å². The van der Waals surface area contributed by atoms with Crippen LogP contribution in [-0.2, 0) is 17.7 Å². The standard InChI is InChI=1S/C11H20ClN3O/c1-8(7-16-5)14(3)11-10(6-12)9(2)13-15(11)4/h8H,6-7H2,1-5H3. The quantitative estimate of drug-likeness (QED) is 0.743. The Morgan fingerprint density at radius 3 is 2.69 bits per heavy atom. The fraction of sp³-hybridized carbons (Fsp3) is 0.727. The zero-order chi connectivity index (χ0) is 12.3. The number of methoxy groups -OCH3 is 1. The molecule has 0 spiro atoms. The molecule has 16 heavy (non-hydrogen) atoms. The lowest BCUT2D eigenvalue weighted by Gasteiger charge is -2.27. The summed E-state index contributed by atoms with van der Waals surface area (Å²) in [6, 6.07) is 0.293. The van der Waals surface area contributed by atoms with Crippen molar-refractivity contribution in [2.24, 2.45) is 7.05 Å². The SMILES string of the molecule is COCC(C)N(C)c1c(CCl)c(C)nn1C. The lowest BCUT2D eigenvalue weighted by atomic mass is 10.2. The van der Waals surface area contributed by atoms with Gasteiger partial charge in [0.25, 0.3) is 0 Å². The summed E-state index contributed by atoms with van der Waals surface area (Å²) in [5.41, 5.74) is 2.08. The molecular formula is C11H20ClN3O. The van der Waals surface area contributed by atoms with Crippen LogP contribution in [0.1, 0.15) is 18.2 Å². The summed E-state index contributed by atoms with van der Waals surface area (Å²) in [4.78, 5) is 2.15. The molecule has 1 atom stereocenters. The largest absolute Gasteiger partial charge is 0.383 e. The number of halogens is 1. The van der Waals surface area contributed by atoms with Crippen molar-refractivity contribution in [2.75, 3.05) is 25.7 Å². The van der Waals surface area contributed by atoms with Crippen LogP contribution in [0.4, 0.5) is 5.82 Å². The smallest absolute Gasteiger partial charge is 0.131 e. The van der Waals surface area contributed by atoms with E-state index in [-0.39, 0.29) is 0 Å². The molecule has 1 unspecified atom stereocenters. The van der Waals surface area contributed by atoms with Crippen LogP contribution >= 0.6 is 11.6 Å². The van der Waals surface area contributed by atoms with Crippen LogP contribution in [-0.4, -0.2) is 36.6 Å². The predicted octanol–water partition coefficient (Wildman–Crippen LogP) is 1.94. The van der Waals surface area contributed by atoms with Crippen molar-refractivity contribution in [3.05, 3.63) is 11.3 Å². The van der Waals surface area contributed by atoms with E-state index in [1.54, 1.807) is 7.11 Å². The normalized spacial score (nSPS) is 12.9. The lowest BCUT2D eigenvalue weighted by molar-refractivity contribution is 0.183. The summed E-state index contributed by atoms with van der Waals surface area (Å²) in [5.74, 6) is 1.55. The van der Waals surface area contributed by atoms with Crippen molar-refractivity contribution in [1.82, 2.24) is 9.78 Å². The maximum absolute atomic E-state index is 5.97. The maximum Gasteiger partial charge on any atom is 0.131 e. The van der Waals surface area contributed by atoms with E-state index in [1.807, 2.05) is 25.7 Å². The van der Waals surface area contributed by atoms with Gasteiger partial charge >= 0.3 is 0 Å². The molecule has 1 heterocycles. The number of hydrogen-bond acceptors (Lipinski definition) is 3. The first-order valence-electron chi connectivity index (χ1n) is 5.33. The molecule has 1 aromatic heterocycles. The number of anilines is 1. The number of nitrogens with zero attached hydrogens (tertiary/aromatic N) is 3. The van der Waals surface area contributed by atoms with Gasteiger partial charge in [0.15, 0.2) is 0 Å². The Morgan fingerprint density at radius 2 is 2.19 bits per heavy atom. The molecule has 0 aromatic carbocycles. The van der Waals surface area contributed by atoms with Crippen molar-refractivity contribution in [1.29, 1.82) is 0 Å². The van der Waals surface area contributed by atoms with E-state index in [1.165, 1.54) is 0 Å². The lowest BCUT2D eigenvalue weighted by Crippen LogP contribution is -2.34. The summed E-state index contributed by atoms with van der Waals surface area (Å²) >= 11 is 5.97. The van der Waals surface area contributed by atoms with Gasteiger partial charge in [-0.2, -0.15) is 5.10 Å². The van der Waals surface area contributed by atoms with Crippen LogP contribution in [0, 0.1) is 6.92 Å². The van der Waals surface area contributed by atoms with Crippen molar-refractivity contribution in [3.63, 3.8) is 0 Å². The van der Waals surface area contributed by atoms with Gasteiger partial charge in [-0.15, -0.1) is 11.6 Å². The highest BCUT2D eigenvalue weighted by Crippen LogP contribution is 2.25. The third-order valence-electron chi connectivity index (χ3n) is 2.85. The average Bonchev–Trinajstić information content (AvgIpc) is 2.52. The van der Waals surface area contributed by atoms with Crippen molar-refractivity contribution < 1.29 is 4.74 Å². The van der Waals surface area contributed by atoms with Crippen molar-refractivity contribution >= 4 is 17.4 Å². The minimum atomic E-state index is 0.293. The Hall–Kier alpha value is -0.740. The van der Waals surface area contributed by atoms with Gasteiger partial charge in [-0.3, -0.25) is 4.68 Å². The molecule has 0 amide bonds. The van der Waals surface area contributed by atoms with Gasteiger partial charge in [0.2, 0.25) is 0 Å². The Labute approximate surface area is 102 Å². The van der Waals surface area contributed by atoms with Crippen LogP contribution in [0.5, 0.6) is 0 Å². The van der Waals surface area contributed by atoms with Crippen LogP contribution < -0.4 is 4.90 Å². The van der Waals surface area contributed by atoms with Crippen LogP contribution in [0.3, 0.4) is 0 Å². The molecule has 0 radical (unpaired) electrons. The van der Waals surface area contributed by atoms with Crippen molar-refractivity contribution in [3.8, 4) is 0 Å². The number of aromatic nitrogens is 2. The second-order valence-corrected chi connectivity index (χ2v) is 4.33. The number of aryl methyl sites for hydroxylation is 2. The molecule has 0 saturated heterocycles. The van der Waals surface area contributed by atoms with E-state index in [2.05, 4.69) is 16.9 Å². The Kier molecular flexibility index (Phi) is 4.62. The van der Waals surface area contributed by atoms with E-state index >= 15 is 0 Å². The summed E-state index contributed by atoms with van der Waals surface area (Å²) in [6.07, 6.45) is 0. The summed E-state index contributed by atoms with van der Waals surface area (Å²) in [7, 11) is 5.69. The second kappa shape index (κ2) is 5.55. The van der Waals surface area contributed by atoms with Gasteiger partial charge in [0.1, 0.15) is 5.82 Å². The number of rotatable bonds is 5. The second-order valence-electron chi connectivity index (χ2n) is 4.06. The Morgan fingerprint density at radius 1 is 1.56 bits per heavy atom. The molecule has 1 aromatic rings. The highest BCUT2D eigenvalue weighted by molar-refractivity contribution is 6.17. The van der Waals surface area contributed by atoms with Crippen LogP contribution in [0.25, 0.3) is 0 Å². The minimum Gasteiger partial charge on any atom is -0.383 e. The number of ether oxygens (including phenoxy) is 1. The minimum absolute atomic E-state index is 0.293. The molecule has 0 aliphatic rings. The Bertz CT molecular complexity index is 351. The van der Waals surface area contributed by atoms with E-state index < -0.39 is 0 Å². The zero-order valence-corrected chi connectivity index (χ0v) is 11.4. The molecule has 92 valence electrons. The van der Waals surface area contributed by atoms with E-state index in [9.17, 15) is 0 Å². The van der Waals surface area contributed by atoms with Crippen LogP contribution in [0.15, 0.2) is 0 Å². The number of hydrogen-bond donors (Lipinski definition) is 0. The molecule has 4 nitrogen and oxygen atoms in total. The van der Waals surface area contributed by atoms with Gasteiger partial charge < -0.3 is 9.64 Å². The number of alkyl halides is 1. The van der Waals surface area contributed by atoms with E-state index in [0.29, 0.717) is 18.5 Å². The summed E-state index contributed by atoms with van der Waals surface area (Å²) in [5, 5.41) is 4.40. The fourth-order valence-electron chi connectivity index (χ4n) is 1.85. The van der Waals surface area contributed by atoms with E-state index in [4.69, 9.17) is 16.3 Å². The maximum atomic E-state index is 5.97. The topological polar surface area (TPSA) is 30.3 Å². The molecule has 0 fully saturated rings. The van der Waals surface area contributed by atoms with Crippen molar-refractivity contribution in [2.45, 2.75) is 25.8 Å². The van der Waals surface area contributed by atoms with Gasteiger partial charge in [-0.25, -0.2) is 0 Å². The molecule has 5 heteroatoms. The fourth-order valence-corrected chi connectivity index (χ4v) is 2.16. The average molecular weight is 246 g/mol.